The summed E-state index contributed by atoms with van der Waals surface area (Å²) in [6, 6.07) is 10.4. The van der Waals surface area contributed by atoms with Gasteiger partial charge < -0.3 is 5.32 Å². The van der Waals surface area contributed by atoms with Gasteiger partial charge in [-0.05, 0) is 43.7 Å². The number of nitrogens with one attached hydrogen (secondary N) is 1. The van der Waals surface area contributed by atoms with Crippen molar-refractivity contribution in [2.75, 3.05) is 6.54 Å². The zero-order chi connectivity index (χ0) is 18.7. The minimum atomic E-state index is -0.312. The second-order valence-corrected chi connectivity index (χ2v) is 7.01. The maximum absolute atomic E-state index is 12.4. The van der Waals surface area contributed by atoms with E-state index in [4.69, 9.17) is 0 Å². The average Bonchev–Trinajstić information content (AvgIpc) is 2.86. The van der Waals surface area contributed by atoms with Crippen LogP contribution in [0.2, 0.25) is 0 Å². The molecule has 1 atom stereocenters. The first-order valence-corrected chi connectivity index (χ1v) is 9.12. The average molecular weight is 416 g/mol. The van der Waals surface area contributed by atoms with Crippen molar-refractivity contribution in [3.05, 3.63) is 63.9 Å². The number of hydrogen-bond acceptors (Lipinski definition) is 4. The molecular weight excluding hydrogens is 398 g/mol. The largest absolute Gasteiger partial charge is 0.348 e. The number of imide groups is 1. The van der Waals surface area contributed by atoms with E-state index < -0.39 is 0 Å². The lowest BCUT2D eigenvalue weighted by Crippen LogP contribution is -2.32. The molecule has 0 spiro atoms. The van der Waals surface area contributed by atoms with Crippen LogP contribution >= 0.6 is 15.9 Å². The molecule has 0 saturated carbocycles. The van der Waals surface area contributed by atoms with Crippen LogP contribution < -0.4 is 5.32 Å². The Kier molecular flexibility index (Phi) is 5.46. The molecule has 1 aromatic heterocycles. The Bertz CT molecular complexity index is 854. The summed E-state index contributed by atoms with van der Waals surface area (Å²) in [6.45, 7) is 2.08. The van der Waals surface area contributed by atoms with Crippen LogP contribution in [0.25, 0.3) is 0 Å². The molecule has 0 fully saturated rings. The fraction of sp³-hybridized carbons (Fsp3) is 0.263. The van der Waals surface area contributed by atoms with E-state index in [0.717, 1.165) is 10.2 Å². The van der Waals surface area contributed by atoms with Crippen LogP contribution in [0.5, 0.6) is 0 Å². The van der Waals surface area contributed by atoms with Gasteiger partial charge in [0.1, 0.15) is 0 Å². The van der Waals surface area contributed by atoms with Crippen LogP contribution in [-0.4, -0.2) is 34.2 Å². The lowest BCUT2D eigenvalue weighted by Gasteiger charge is -2.15. The fourth-order valence-electron chi connectivity index (χ4n) is 2.88. The van der Waals surface area contributed by atoms with Crippen molar-refractivity contribution in [3.63, 3.8) is 0 Å². The third-order valence-electron chi connectivity index (χ3n) is 4.23. The third-order valence-corrected chi connectivity index (χ3v) is 4.72. The van der Waals surface area contributed by atoms with E-state index in [1.807, 2.05) is 25.1 Å². The molecular formula is C19H18BrN3O3. The van der Waals surface area contributed by atoms with Gasteiger partial charge in [0.05, 0.1) is 22.9 Å². The molecule has 2 heterocycles. The van der Waals surface area contributed by atoms with Crippen LogP contribution in [0.15, 0.2) is 47.1 Å². The summed E-state index contributed by atoms with van der Waals surface area (Å²) in [5.74, 6) is -0.754. The van der Waals surface area contributed by atoms with E-state index in [9.17, 15) is 14.4 Å². The van der Waals surface area contributed by atoms with Gasteiger partial charge in [-0.15, -0.1) is 0 Å². The molecule has 0 bridgehead atoms. The monoisotopic (exact) mass is 415 g/mol. The molecule has 1 aromatic carbocycles. The zero-order valence-electron chi connectivity index (χ0n) is 14.2. The van der Waals surface area contributed by atoms with Crippen molar-refractivity contribution in [2.24, 2.45) is 0 Å². The van der Waals surface area contributed by atoms with E-state index in [1.54, 1.807) is 24.4 Å². The Balaban J connectivity index is 1.52. The van der Waals surface area contributed by atoms with Crippen LogP contribution in [0, 0.1) is 0 Å². The Morgan fingerprint density at radius 1 is 1.19 bits per heavy atom. The lowest BCUT2D eigenvalue weighted by atomic mass is 10.1. The number of carbonyl (C=O) groups excluding carboxylic acids is 3. The molecule has 0 saturated heterocycles. The fourth-order valence-corrected chi connectivity index (χ4v) is 3.24. The molecule has 3 rings (SSSR count). The third kappa shape index (κ3) is 3.83. The van der Waals surface area contributed by atoms with Crippen LogP contribution in [0.1, 0.15) is 52.2 Å². The molecule has 1 unspecified atom stereocenters. The molecule has 1 aliphatic rings. The number of benzene rings is 1. The molecule has 1 N–H and O–H groups in total. The predicted molar refractivity (Wildman–Crippen MR) is 99.5 cm³/mol. The summed E-state index contributed by atoms with van der Waals surface area (Å²) in [7, 11) is 0. The molecule has 2 aromatic rings. The van der Waals surface area contributed by atoms with E-state index in [1.165, 1.54) is 4.90 Å². The second kappa shape index (κ2) is 7.78. The minimum absolute atomic E-state index is 0.137. The van der Waals surface area contributed by atoms with Gasteiger partial charge in [-0.2, -0.15) is 0 Å². The first kappa shape index (κ1) is 18.3. The van der Waals surface area contributed by atoms with E-state index in [0.29, 0.717) is 17.5 Å². The molecule has 0 aliphatic carbocycles. The molecule has 1 aliphatic heterocycles. The second-order valence-electron chi connectivity index (χ2n) is 6.10. The standard InChI is InChI=1S/C19H18BrN3O3/c1-12(16-5-2-3-9-21-16)22-17(24)6-4-10-23-18(25)14-8-7-13(20)11-15(14)19(23)26/h2-3,5,7-9,11-12H,4,6,10H2,1H3,(H,22,24). The number of pyridine rings is 1. The number of aromatic nitrogens is 1. The van der Waals surface area contributed by atoms with Crippen molar-refractivity contribution in [1.82, 2.24) is 15.2 Å². The first-order chi connectivity index (χ1) is 12.5. The summed E-state index contributed by atoms with van der Waals surface area (Å²) >= 11 is 3.31. The molecule has 7 heteroatoms. The normalized spacial score (nSPS) is 14.3. The van der Waals surface area contributed by atoms with Gasteiger partial charge in [0, 0.05) is 23.6 Å². The summed E-state index contributed by atoms with van der Waals surface area (Å²) < 4.78 is 0.752. The summed E-state index contributed by atoms with van der Waals surface area (Å²) in [6.07, 6.45) is 2.32. The zero-order valence-corrected chi connectivity index (χ0v) is 15.8. The number of carbonyl (C=O) groups is 3. The highest BCUT2D eigenvalue weighted by atomic mass is 79.9. The van der Waals surface area contributed by atoms with Gasteiger partial charge >= 0.3 is 0 Å². The molecule has 26 heavy (non-hydrogen) atoms. The Hall–Kier alpha value is -2.54. The number of fused-ring (bicyclic) bond motifs is 1. The molecule has 6 nitrogen and oxygen atoms in total. The molecule has 134 valence electrons. The van der Waals surface area contributed by atoms with Gasteiger partial charge in [-0.25, -0.2) is 0 Å². The summed E-state index contributed by atoms with van der Waals surface area (Å²) in [5, 5.41) is 2.87. The number of hydrogen-bond donors (Lipinski definition) is 1. The minimum Gasteiger partial charge on any atom is -0.348 e. The Labute approximate surface area is 159 Å². The van der Waals surface area contributed by atoms with Gasteiger partial charge in [0.2, 0.25) is 5.91 Å². The lowest BCUT2D eigenvalue weighted by molar-refractivity contribution is -0.121. The number of rotatable bonds is 6. The highest BCUT2D eigenvalue weighted by Crippen LogP contribution is 2.26. The smallest absolute Gasteiger partial charge is 0.261 e. The quantitative estimate of drug-likeness (QED) is 0.735. The summed E-state index contributed by atoms with van der Waals surface area (Å²) in [5.41, 5.74) is 1.59. The molecule has 0 radical (unpaired) electrons. The first-order valence-electron chi connectivity index (χ1n) is 8.33. The Morgan fingerprint density at radius 3 is 2.69 bits per heavy atom. The van der Waals surface area contributed by atoms with Crippen molar-refractivity contribution < 1.29 is 14.4 Å². The van der Waals surface area contributed by atoms with Crippen LogP contribution in [-0.2, 0) is 4.79 Å². The predicted octanol–water partition coefficient (Wildman–Crippen LogP) is 3.10. The van der Waals surface area contributed by atoms with Gasteiger partial charge in [0.25, 0.3) is 11.8 Å². The van der Waals surface area contributed by atoms with Crippen molar-refractivity contribution in [3.8, 4) is 0 Å². The number of nitrogens with zero attached hydrogens (tertiary/aromatic N) is 2. The van der Waals surface area contributed by atoms with Crippen molar-refractivity contribution in [1.29, 1.82) is 0 Å². The van der Waals surface area contributed by atoms with Gasteiger partial charge in [-0.3, -0.25) is 24.3 Å². The van der Waals surface area contributed by atoms with Crippen molar-refractivity contribution >= 4 is 33.7 Å². The van der Waals surface area contributed by atoms with Crippen LogP contribution in [0.3, 0.4) is 0 Å². The van der Waals surface area contributed by atoms with Gasteiger partial charge in [0.15, 0.2) is 0 Å². The van der Waals surface area contributed by atoms with E-state index >= 15 is 0 Å². The SMILES string of the molecule is CC(NC(=O)CCCN1C(=O)c2ccc(Br)cc2C1=O)c1ccccn1. The highest BCUT2D eigenvalue weighted by molar-refractivity contribution is 9.10. The van der Waals surface area contributed by atoms with E-state index in [-0.39, 0.29) is 36.7 Å². The number of halogens is 1. The maximum Gasteiger partial charge on any atom is 0.261 e. The molecule has 3 amide bonds. The highest BCUT2D eigenvalue weighted by Gasteiger charge is 2.35. The number of amides is 3. The Morgan fingerprint density at radius 2 is 1.96 bits per heavy atom. The topological polar surface area (TPSA) is 79.4 Å². The van der Waals surface area contributed by atoms with Crippen molar-refractivity contribution in [2.45, 2.75) is 25.8 Å². The van der Waals surface area contributed by atoms with Crippen LogP contribution in [0.4, 0.5) is 0 Å². The van der Waals surface area contributed by atoms with Gasteiger partial charge in [-0.1, -0.05) is 22.0 Å². The maximum atomic E-state index is 12.4. The van der Waals surface area contributed by atoms with E-state index in [2.05, 4.69) is 26.2 Å². The summed E-state index contributed by atoms with van der Waals surface area (Å²) in [4.78, 5) is 42.2.